The minimum Gasteiger partial charge on any atom is -0.409 e. The van der Waals surface area contributed by atoms with Crippen LogP contribution in [0.1, 0.15) is 12.5 Å². The normalized spacial score (nSPS) is 21.8. The first-order valence-electron chi connectivity index (χ1n) is 9.28. The van der Waals surface area contributed by atoms with Gasteiger partial charge in [0.25, 0.3) is 0 Å². The van der Waals surface area contributed by atoms with Crippen molar-refractivity contribution in [2.75, 3.05) is 29.9 Å². The fraction of sp³-hybridized carbons (Fsp3) is 0.368. The van der Waals surface area contributed by atoms with Crippen molar-refractivity contribution < 1.29 is 31.8 Å². The molecule has 0 bridgehead atoms. The first-order valence-corrected chi connectivity index (χ1v) is 9.66. The lowest BCUT2D eigenvalue weighted by molar-refractivity contribution is -0.461. The van der Waals surface area contributed by atoms with Crippen LogP contribution in [0, 0.1) is 0 Å². The lowest BCUT2D eigenvalue weighted by Gasteiger charge is -2.40. The number of pyridine rings is 1. The Kier molecular flexibility index (Phi) is 5.34. The third-order valence-electron chi connectivity index (χ3n) is 4.95. The molecule has 1 aromatic heterocycles. The average Bonchev–Trinajstić information content (AvgIpc) is 2.67. The molecule has 2 amide bonds. The molecule has 4 rings (SSSR count). The Morgan fingerprint density at radius 2 is 2.03 bits per heavy atom. The Morgan fingerprint density at radius 3 is 2.74 bits per heavy atom. The summed E-state index contributed by atoms with van der Waals surface area (Å²) in [6, 6.07) is 5.66. The van der Waals surface area contributed by atoms with Gasteiger partial charge in [-0.15, -0.1) is 8.78 Å². The van der Waals surface area contributed by atoms with Crippen LogP contribution in [0.25, 0.3) is 0 Å². The second-order valence-corrected chi connectivity index (χ2v) is 7.53. The van der Waals surface area contributed by atoms with Gasteiger partial charge in [0.2, 0.25) is 0 Å². The van der Waals surface area contributed by atoms with E-state index in [-0.39, 0.29) is 11.7 Å². The first-order chi connectivity index (χ1) is 14.6. The van der Waals surface area contributed by atoms with Gasteiger partial charge in [-0.3, -0.25) is 0 Å². The lowest BCUT2D eigenvalue weighted by Crippen LogP contribution is -2.55. The van der Waals surface area contributed by atoms with Crippen molar-refractivity contribution in [3.8, 4) is 5.75 Å². The second-order valence-electron chi connectivity index (χ2n) is 7.12. The van der Waals surface area contributed by atoms with Crippen molar-refractivity contribution in [1.29, 1.82) is 0 Å². The zero-order valence-electron chi connectivity index (χ0n) is 16.1. The summed E-state index contributed by atoms with van der Waals surface area (Å²) < 4.78 is 61.7. The van der Waals surface area contributed by atoms with Gasteiger partial charge < -0.3 is 19.9 Å². The van der Waals surface area contributed by atoms with Gasteiger partial charge in [-0.05, 0) is 37.3 Å². The summed E-state index contributed by atoms with van der Waals surface area (Å²) >= 11 is 6.18. The van der Waals surface area contributed by atoms with Crippen LogP contribution >= 0.6 is 11.6 Å². The maximum atomic E-state index is 13.9. The number of anilines is 2. The predicted molar refractivity (Wildman–Crippen MR) is 104 cm³/mol. The summed E-state index contributed by atoms with van der Waals surface area (Å²) in [6.07, 6.45) is -7.11. The molecule has 2 aliphatic heterocycles. The average molecular weight is 461 g/mol. The van der Waals surface area contributed by atoms with E-state index in [0.29, 0.717) is 30.5 Å². The highest BCUT2D eigenvalue weighted by Gasteiger charge is 2.54. The number of rotatable bonds is 2. The molecule has 0 spiro atoms. The van der Waals surface area contributed by atoms with Crippen molar-refractivity contribution >= 4 is 29.1 Å². The van der Waals surface area contributed by atoms with Crippen LogP contribution in [-0.4, -0.2) is 47.9 Å². The maximum Gasteiger partial charge on any atom is 0.540 e. The van der Waals surface area contributed by atoms with Gasteiger partial charge in [-0.25, -0.2) is 14.5 Å². The number of hydrogen-bond acceptors (Lipinski definition) is 5. The molecule has 0 saturated carbocycles. The number of benzene rings is 1. The van der Waals surface area contributed by atoms with E-state index in [4.69, 9.17) is 11.6 Å². The minimum atomic E-state index is -4.45. The monoisotopic (exact) mass is 460 g/mol. The number of halogens is 5. The highest BCUT2D eigenvalue weighted by atomic mass is 35.5. The Morgan fingerprint density at radius 1 is 1.26 bits per heavy atom. The number of alkyl halides is 4. The number of carbonyl (C=O) groups excluding carboxylic acids is 1. The first kappa shape index (κ1) is 21.4. The van der Waals surface area contributed by atoms with Crippen LogP contribution in [-0.2, 0) is 10.8 Å². The molecule has 1 fully saturated rings. The van der Waals surface area contributed by atoms with E-state index >= 15 is 0 Å². The Labute approximate surface area is 179 Å². The van der Waals surface area contributed by atoms with Gasteiger partial charge in [0.15, 0.2) is 0 Å². The van der Waals surface area contributed by atoms with E-state index in [1.807, 2.05) is 11.8 Å². The summed E-state index contributed by atoms with van der Waals surface area (Å²) in [5, 5.41) is 3.01. The molecule has 3 heterocycles. The van der Waals surface area contributed by atoms with Crippen LogP contribution in [0.5, 0.6) is 5.75 Å². The molecule has 2 aliphatic rings. The molecule has 31 heavy (non-hydrogen) atoms. The smallest absolute Gasteiger partial charge is 0.409 e. The molecule has 0 unspecified atom stereocenters. The van der Waals surface area contributed by atoms with Crippen LogP contribution in [0.2, 0.25) is 5.02 Å². The number of nitrogens with one attached hydrogen (secondary N) is 1. The summed E-state index contributed by atoms with van der Waals surface area (Å²) in [5.74, 6) is -0.113. The molecule has 1 atom stereocenters. The number of aromatic nitrogens is 1. The van der Waals surface area contributed by atoms with Gasteiger partial charge in [-0.1, -0.05) is 11.6 Å². The van der Waals surface area contributed by atoms with Gasteiger partial charge in [-0.2, -0.15) is 8.78 Å². The summed E-state index contributed by atoms with van der Waals surface area (Å²) in [4.78, 5) is 20.5. The molecule has 166 valence electrons. The van der Waals surface area contributed by atoms with Gasteiger partial charge in [0.1, 0.15) is 11.6 Å². The molecule has 2 aromatic rings. The van der Waals surface area contributed by atoms with Crippen LogP contribution < -0.4 is 15.0 Å². The van der Waals surface area contributed by atoms with Crippen molar-refractivity contribution in [1.82, 2.24) is 9.88 Å². The number of ether oxygens (including phenoxy) is 2. The van der Waals surface area contributed by atoms with Crippen molar-refractivity contribution in [3.63, 3.8) is 0 Å². The zero-order chi connectivity index (χ0) is 22.4. The number of carbonyl (C=O) groups is 1. The largest absolute Gasteiger partial charge is 0.540 e. The highest BCUT2D eigenvalue weighted by molar-refractivity contribution is 6.32. The van der Waals surface area contributed by atoms with Crippen LogP contribution in [0.15, 0.2) is 36.5 Å². The summed E-state index contributed by atoms with van der Waals surface area (Å²) in [7, 11) is 0. The summed E-state index contributed by atoms with van der Waals surface area (Å²) in [5.41, 5.74) is -0.915. The number of nitrogens with zero attached hydrogens (tertiary/aromatic N) is 3. The van der Waals surface area contributed by atoms with Gasteiger partial charge in [0, 0.05) is 37.6 Å². The molecule has 0 aliphatic carbocycles. The third kappa shape index (κ3) is 4.33. The Hall–Kier alpha value is -2.79. The number of fused-ring (bicyclic) bond motifs is 1. The topological polar surface area (TPSA) is 66.9 Å². The van der Waals surface area contributed by atoms with E-state index < -0.39 is 29.7 Å². The third-order valence-corrected chi connectivity index (χ3v) is 5.24. The fourth-order valence-corrected chi connectivity index (χ4v) is 3.78. The Bertz CT molecular complexity index is 1010. The van der Waals surface area contributed by atoms with Crippen molar-refractivity contribution in [2.24, 2.45) is 0 Å². The lowest BCUT2D eigenvalue weighted by atomic mass is 10.1. The van der Waals surface area contributed by atoms with Crippen LogP contribution in [0.3, 0.4) is 0 Å². The van der Waals surface area contributed by atoms with Crippen LogP contribution in [0.4, 0.5) is 33.9 Å². The van der Waals surface area contributed by atoms with E-state index in [9.17, 15) is 22.4 Å². The van der Waals surface area contributed by atoms with Gasteiger partial charge >= 0.3 is 18.4 Å². The standard InChI is InChI=1S/C19H17ClF4N4O3/c1-11-10-27(16-14(20)3-2-6-25-16)7-8-28(11)17(29)26-12-4-5-15-13(9-12)18(21,22)31-19(23,24)30-15/h2-6,9,11H,7-8,10H2,1H3,(H,26,29)/t11-/m1/s1. The highest BCUT2D eigenvalue weighted by Crippen LogP contribution is 2.46. The molecule has 1 aromatic carbocycles. The Balaban J connectivity index is 1.45. The quantitative estimate of drug-likeness (QED) is 0.669. The fourth-order valence-electron chi connectivity index (χ4n) is 3.53. The molecular weight excluding hydrogens is 444 g/mol. The molecule has 12 heteroatoms. The number of amides is 2. The predicted octanol–water partition coefficient (Wildman–Crippen LogP) is 4.49. The minimum absolute atomic E-state index is 0.0109. The van der Waals surface area contributed by atoms with E-state index in [2.05, 4.69) is 19.8 Å². The molecule has 0 radical (unpaired) electrons. The molecule has 7 nitrogen and oxygen atoms in total. The summed E-state index contributed by atoms with van der Waals surface area (Å²) in [6.45, 7) is 3.09. The van der Waals surface area contributed by atoms with E-state index in [1.165, 1.54) is 11.0 Å². The van der Waals surface area contributed by atoms with E-state index in [0.717, 1.165) is 12.1 Å². The van der Waals surface area contributed by atoms with Gasteiger partial charge in [0.05, 0.1) is 10.6 Å². The number of urea groups is 1. The number of hydrogen-bond donors (Lipinski definition) is 1. The zero-order valence-corrected chi connectivity index (χ0v) is 16.9. The molecule has 1 saturated heterocycles. The maximum absolute atomic E-state index is 13.9. The van der Waals surface area contributed by atoms with Crippen molar-refractivity contribution in [2.45, 2.75) is 25.4 Å². The van der Waals surface area contributed by atoms with Crippen molar-refractivity contribution in [3.05, 3.63) is 47.1 Å². The van der Waals surface area contributed by atoms with E-state index in [1.54, 1.807) is 18.3 Å². The second kappa shape index (κ2) is 7.72. The SMILES string of the molecule is C[C@@H]1CN(c2ncccc2Cl)CCN1C(=O)Nc1ccc2c(c1)C(F)(F)OC(F)(F)O2. The molecular formula is C19H17ClF4N4O3. The molecule has 1 N–H and O–H groups in total. The number of piperazine rings is 1.